The van der Waals surface area contributed by atoms with Crippen molar-refractivity contribution in [2.24, 2.45) is 0 Å². The molecule has 14 heavy (non-hydrogen) atoms. The molecule has 2 aromatic rings. The molecule has 0 bridgehead atoms. The number of H-pyrrole nitrogens is 1. The Balaban J connectivity index is 2.51. The summed E-state index contributed by atoms with van der Waals surface area (Å²) in [6.07, 6.45) is 3.21. The summed E-state index contributed by atoms with van der Waals surface area (Å²) in [5, 5.41) is 9.60. The highest BCUT2D eigenvalue weighted by Crippen LogP contribution is 2.30. The van der Waals surface area contributed by atoms with Gasteiger partial charge in [-0.05, 0) is 18.2 Å². The number of ether oxygens (including phenoxy) is 1. The van der Waals surface area contributed by atoms with Crippen LogP contribution in [0.3, 0.4) is 0 Å². The normalized spacial score (nSPS) is 10.1. The summed E-state index contributed by atoms with van der Waals surface area (Å²) in [5.74, 6) is 0.905. The van der Waals surface area contributed by atoms with E-state index in [1.165, 1.54) is 0 Å². The van der Waals surface area contributed by atoms with E-state index in [2.05, 4.69) is 9.97 Å². The fraction of sp³-hybridized carbons (Fsp3) is 0.100. The lowest BCUT2D eigenvalue weighted by molar-refractivity contribution is 0.412. The predicted molar refractivity (Wildman–Crippen MR) is 52.2 cm³/mol. The molecule has 0 amide bonds. The van der Waals surface area contributed by atoms with E-state index in [0.717, 1.165) is 5.69 Å². The number of aromatic hydroxyl groups is 1. The molecule has 0 saturated carbocycles. The Bertz CT molecular complexity index is 424. The van der Waals surface area contributed by atoms with E-state index in [-0.39, 0.29) is 5.75 Å². The fourth-order valence-corrected chi connectivity index (χ4v) is 1.26. The van der Waals surface area contributed by atoms with Crippen molar-refractivity contribution >= 4 is 0 Å². The third-order valence-corrected chi connectivity index (χ3v) is 1.99. The van der Waals surface area contributed by atoms with E-state index in [1.54, 1.807) is 37.8 Å². The highest BCUT2D eigenvalue weighted by atomic mass is 16.5. The van der Waals surface area contributed by atoms with Gasteiger partial charge < -0.3 is 14.8 Å². The number of hydrogen-bond donors (Lipinski definition) is 2. The van der Waals surface area contributed by atoms with E-state index in [1.807, 2.05) is 0 Å². The Morgan fingerprint density at radius 3 is 2.93 bits per heavy atom. The quantitative estimate of drug-likeness (QED) is 0.759. The van der Waals surface area contributed by atoms with Crippen LogP contribution in [0.15, 0.2) is 30.7 Å². The number of rotatable bonds is 2. The number of hydrogen-bond acceptors (Lipinski definition) is 3. The molecule has 0 saturated heterocycles. The molecule has 4 heteroatoms. The van der Waals surface area contributed by atoms with Crippen LogP contribution in [0.4, 0.5) is 0 Å². The third kappa shape index (κ3) is 1.42. The standard InChI is InChI=1S/C10H10N2O2/c1-14-7-2-3-10(13)8(4-7)9-5-11-6-12-9/h2-6,13H,1H3,(H,11,12). The number of methoxy groups -OCH3 is 1. The van der Waals surface area contributed by atoms with Gasteiger partial charge in [-0.1, -0.05) is 0 Å². The number of benzene rings is 1. The number of nitrogens with one attached hydrogen (secondary N) is 1. The van der Waals surface area contributed by atoms with E-state index < -0.39 is 0 Å². The Labute approximate surface area is 81.2 Å². The molecule has 0 fully saturated rings. The van der Waals surface area contributed by atoms with Crippen molar-refractivity contribution in [3.63, 3.8) is 0 Å². The summed E-state index contributed by atoms with van der Waals surface area (Å²) in [5.41, 5.74) is 1.45. The Hall–Kier alpha value is -1.97. The third-order valence-electron chi connectivity index (χ3n) is 1.99. The number of phenolic OH excluding ortho intramolecular Hbond substituents is 1. The summed E-state index contributed by atoms with van der Waals surface area (Å²) in [6.45, 7) is 0. The molecular formula is C10H10N2O2. The Morgan fingerprint density at radius 2 is 2.29 bits per heavy atom. The van der Waals surface area contributed by atoms with Crippen LogP contribution in [0.1, 0.15) is 0 Å². The topological polar surface area (TPSA) is 58.1 Å². The van der Waals surface area contributed by atoms with Crippen LogP contribution in [-0.2, 0) is 0 Å². The summed E-state index contributed by atoms with van der Waals surface area (Å²) >= 11 is 0. The number of aromatic amines is 1. The second-order valence-electron chi connectivity index (χ2n) is 2.85. The lowest BCUT2D eigenvalue weighted by Crippen LogP contribution is -1.84. The highest BCUT2D eigenvalue weighted by Gasteiger charge is 2.06. The monoisotopic (exact) mass is 190 g/mol. The fourth-order valence-electron chi connectivity index (χ4n) is 1.26. The Morgan fingerprint density at radius 1 is 1.43 bits per heavy atom. The van der Waals surface area contributed by atoms with Crippen LogP contribution in [0.2, 0.25) is 0 Å². The van der Waals surface area contributed by atoms with Gasteiger partial charge in [0.15, 0.2) is 0 Å². The number of phenols is 1. The van der Waals surface area contributed by atoms with Crippen molar-refractivity contribution < 1.29 is 9.84 Å². The minimum Gasteiger partial charge on any atom is -0.507 e. The van der Waals surface area contributed by atoms with Gasteiger partial charge in [-0.15, -0.1) is 0 Å². The van der Waals surface area contributed by atoms with Crippen LogP contribution in [0.25, 0.3) is 11.3 Å². The van der Waals surface area contributed by atoms with Crippen LogP contribution in [-0.4, -0.2) is 22.2 Å². The van der Waals surface area contributed by atoms with Crippen molar-refractivity contribution in [1.82, 2.24) is 9.97 Å². The molecule has 2 rings (SSSR count). The summed E-state index contributed by atoms with van der Waals surface area (Å²) in [6, 6.07) is 5.05. The van der Waals surface area contributed by atoms with Gasteiger partial charge in [-0.2, -0.15) is 0 Å². The molecule has 2 N–H and O–H groups in total. The van der Waals surface area contributed by atoms with E-state index in [9.17, 15) is 5.11 Å². The molecular weight excluding hydrogens is 180 g/mol. The zero-order valence-corrected chi connectivity index (χ0v) is 7.69. The van der Waals surface area contributed by atoms with E-state index in [4.69, 9.17) is 4.74 Å². The second-order valence-corrected chi connectivity index (χ2v) is 2.85. The average molecular weight is 190 g/mol. The van der Waals surface area contributed by atoms with Crippen molar-refractivity contribution in [2.75, 3.05) is 7.11 Å². The van der Waals surface area contributed by atoms with Crippen molar-refractivity contribution in [3.05, 3.63) is 30.7 Å². The molecule has 0 aliphatic heterocycles. The highest BCUT2D eigenvalue weighted by molar-refractivity contribution is 5.67. The van der Waals surface area contributed by atoms with Gasteiger partial charge in [0, 0.05) is 5.56 Å². The zero-order valence-electron chi connectivity index (χ0n) is 7.69. The summed E-state index contributed by atoms with van der Waals surface area (Å²) < 4.78 is 5.06. The summed E-state index contributed by atoms with van der Waals surface area (Å²) in [7, 11) is 1.59. The van der Waals surface area contributed by atoms with Crippen molar-refractivity contribution in [3.8, 4) is 22.8 Å². The maximum absolute atomic E-state index is 9.60. The minimum atomic E-state index is 0.204. The van der Waals surface area contributed by atoms with Crippen LogP contribution in [0.5, 0.6) is 11.5 Å². The predicted octanol–water partition coefficient (Wildman–Crippen LogP) is 1.79. The molecule has 4 nitrogen and oxygen atoms in total. The van der Waals surface area contributed by atoms with Gasteiger partial charge in [0.2, 0.25) is 0 Å². The van der Waals surface area contributed by atoms with Gasteiger partial charge in [0.05, 0.1) is 25.3 Å². The van der Waals surface area contributed by atoms with E-state index >= 15 is 0 Å². The Kier molecular flexibility index (Phi) is 2.10. The molecule has 1 aromatic heterocycles. The maximum Gasteiger partial charge on any atom is 0.125 e. The molecule has 0 radical (unpaired) electrons. The smallest absolute Gasteiger partial charge is 0.125 e. The number of aromatic nitrogens is 2. The average Bonchev–Trinajstić information content (AvgIpc) is 2.71. The maximum atomic E-state index is 9.60. The molecule has 0 aliphatic rings. The molecule has 0 aliphatic carbocycles. The second kappa shape index (κ2) is 3.41. The lowest BCUT2D eigenvalue weighted by Gasteiger charge is -2.04. The lowest BCUT2D eigenvalue weighted by atomic mass is 10.1. The molecule has 1 heterocycles. The first-order valence-corrected chi connectivity index (χ1v) is 4.17. The van der Waals surface area contributed by atoms with Crippen LogP contribution in [0, 0.1) is 0 Å². The largest absolute Gasteiger partial charge is 0.507 e. The molecule has 0 spiro atoms. The number of nitrogens with zero attached hydrogens (tertiary/aromatic N) is 1. The molecule has 0 unspecified atom stereocenters. The number of imidazole rings is 1. The van der Waals surface area contributed by atoms with Crippen molar-refractivity contribution in [1.29, 1.82) is 0 Å². The first kappa shape index (κ1) is 8.62. The minimum absolute atomic E-state index is 0.204. The first-order chi connectivity index (χ1) is 6.81. The van der Waals surface area contributed by atoms with Gasteiger partial charge >= 0.3 is 0 Å². The molecule has 1 aromatic carbocycles. The van der Waals surface area contributed by atoms with E-state index in [0.29, 0.717) is 11.3 Å². The van der Waals surface area contributed by atoms with Gasteiger partial charge in [0.25, 0.3) is 0 Å². The first-order valence-electron chi connectivity index (χ1n) is 4.17. The van der Waals surface area contributed by atoms with Crippen LogP contribution < -0.4 is 4.74 Å². The van der Waals surface area contributed by atoms with Crippen LogP contribution >= 0.6 is 0 Å². The SMILES string of the molecule is COc1ccc(O)c(-c2cnc[nH]2)c1. The van der Waals surface area contributed by atoms with Crippen molar-refractivity contribution in [2.45, 2.75) is 0 Å². The summed E-state index contributed by atoms with van der Waals surface area (Å²) in [4.78, 5) is 6.81. The molecule has 0 atom stereocenters. The van der Waals surface area contributed by atoms with Gasteiger partial charge in [-0.25, -0.2) is 4.98 Å². The molecule has 72 valence electrons. The zero-order chi connectivity index (χ0) is 9.97. The van der Waals surface area contributed by atoms with Gasteiger partial charge in [0.1, 0.15) is 11.5 Å². The van der Waals surface area contributed by atoms with Gasteiger partial charge in [-0.3, -0.25) is 0 Å².